The molecule has 5 nitrogen and oxygen atoms in total. The molecular weight excluding hydrogens is 507 g/mol. The number of aromatic nitrogens is 3. The Labute approximate surface area is 178 Å². The Balaban J connectivity index is 2.76. The average molecular weight is 519 g/mol. The van der Waals surface area contributed by atoms with Crippen LogP contribution in [0.3, 0.4) is 0 Å². The monoisotopic (exact) mass is 519 g/mol. The van der Waals surface area contributed by atoms with Crippen molar-refractivity contribution in [2.75, 3.05) is 5.75 Å². The third kappa shape index (κ3) is 4.50. The van der Waals surface area contributed by atoms with Crippen LogP contribution in [0, 0.1) is 0 Å². The van der Waals surface area contributed by atoms with Crippen LogP contribution < -0.4 is 0 Å². The van der Waals surface area contributed by atoms with Crippen LogP contribution in [0.2, 0.25) is 0 Å². The number of nitrogens with zero attached hydrogens (tertiary/aromatic N) is 3. The zero-order valence-electron chi connectivity index (χ0n) is 16.2. The molecule has 2 heterocycles. The van der Waals surface area contributed by atoms with E-state index in [0.717, 1.165) is 6.92 Å². The van der Waals surface area contributed by atoms with Crippen LogP contribution in [0.25, 0.3) is 11.5 Å². The SMILES string of the molecule is CCS(=O)(=O)c1cc(C(F)(F)F)cnc1-c1ncc([C@@H](F)C(F)(C(F)(F)F)C(F)(F)F)n1C. The third-order valence-electron chi connectivity index (χ3n) is 4.57. The van der Waals surface area contributed by atoms with E-state index < -0.39 is 73.6 Å². The molecule has 186 valence electrons. The normalized spacial score (nSPS) is 15.1. The molecule has 0 bridgehead atoms. The Bertz CT molecular complexity index is 1120. The van der Waals surface area contributed by atoms with Gasteiger partial charge in [-0.3, -0.25) is 4.98 Å². The summed E-state index contributed by atoms with van der Waals surface area (Å²) in [4.78, 5) is 5.46. The summed E-state index contributed by atoms with van der Waals surface area (Å²) in [6.45, 7) is 1.03. The van der Waals surface area contributed by atoms with Crippen molar-refractivity contribution >= 4 is 9.84 Å². The minimum atomic E-state index is -6.75. The smallest absolute Gasteiger partial charge is 0.327 e. The largest absolute Gasteiger partial charge is 0.434 e. The maximum absolute atomic E-state index is 14.4. The summed E-state index contributed by atoms with van der Waals surface area (Å²) in [7, 11) is -3.90. The molecule has 0 aromatic carbocycles. The molecule has 0 N–H and O–H groups in total. The van der Waals surface area contributed by atoms with Crippen LogP contribution in [0.5, 0.6) is 0 Å². The molecule has 0 aliphatic rings. The Morgan fingerprint density at radius 1 is 0.939 bits per heavy atom. The molecule has 2 rings (SSSR count). The predicted octanol–water partition coefficient (Wildman–Crippen LogP) is 5.14. The zero-order chi connectivity index (χ0) is 25.8. The molecule has 0 radical (unpaired) electrons. The maximum Gasteiger partial charge on any atom is 0.434 e. The molecule has 0 saturated heterocycles. The fourth-order valence-electron chi connectivity index (χ4n) is 2.69. The molecule has 0 aliphatic heterocycles. The number of halogens is 11. The van der Waals surface area contributed by atoms with Crippen LogP contribution in [0.15, 0.2) is 23.4 Å². The van der Waals surface area contributed by atoms with Gasteiger partial charge in [0.25, 0.3) is 0 Å². The molecule has 0 spiro atoms. The lowest BCUT2D eigenvalue weighted by Gasteiger charge is -2.32. The van der Waals surface area contributed by atoms with Gasteiger partial charge in [0.2, 0.25) is 0 Å². The van der Waals surface area contributed by atoms with Crippen molar-refractivity contribution in [3.8, 4) is 11.5 Å². The first-order valence-electron chi connectivity index (χ1n) is 8.48. The van der Waals surface area contributed by atoms with Gasteiger partial charge in [0, 0.05) is 13.2 Å². The maximum atomic E-state index is 14.4. The summed E-state index contributed by atoms with van der Waals surface area (Å²) in [5.74, 6) is -1.69. The molecule has 0 aliphatic carbocycles. The van der Waals surface area contributed by atoms with Gasteiger partial charge in [-0.25, -0.2) is 22.2 Å². The van der Waals surface area contributed by atoms with Gasteiger partial charge in [-0.1, -0.05) is 6.92 Å². The molecule has 0 amide bonds. The first-order chi connectivity index (χ1) is 14.7. The molecular formula is C16H12F11N3O2S. The summed E-state index contributed by atoms with van der Waals surface area (Å²) in [6, 6.07) is 0.132. The number of pyridine rings is 1. The molecule has 2 aromatic heterocycles. The molecule has 2 aromatic rings. The van der Waals surface area contributed by atoms with E-state index in [2.05, 4.69) is 9.97 Å². The van der Waals surface area contributed by atoms with Crippen molar-refractivity contribution in [1.29, 1.82) is 0 Å². The fourth-order valence-corrected chi connectivity index (χ4v) is 3.75. The number of hydrogen-bond acceptors (Lipinski definition) is 4. The Kier molecular flexibility index (Phi) is 6.57. The third-order valence-corrected chi connectivity index (χ3v) is 6.31. The van der Waals surface area contributed by atoms with Crippen molar-refractivity contribution in [2.45, 2.75) is 42.2 Å². The van der Waals surface area contributed by atoms with Crippen molar-refractivity contribution in [3.63, 3.8) is 0 Å². The summed E-state index contributed by atoms with van der Waals surface area (Å²) in [5, 5.41) is 0. The van der Waals surface area contributed by atoms with Crippen molar-refractivity contribution in [3.05, 3.63) is 29.7 Å². The quantitative estimate of drug-likeness (QED) is 0.514. The summed E-state index contributed by atoms with van der Waals surface area (Å²) < 4.78 is 169. The summed E-state index contributed by atoms with van der Waals surface area (Å²) in [5.41, 5.74) is -10.4. The van der Waals surface area contributed by atoms with E-state index in [1.54, 1.807) is 0 Å². The van der Waals surface area contributed by atoms with Gasteiger partial charge in [0.05, 0.1) is 28.1 Å². The van der Waals surface area contributed by atoms with Gasteiger partial charge >= 0.3 is 24.2 Å². The van der Waals surface area contributed by atoms with E-state index in [1.807, 2.05) is 0 Å². The van der Waals surface area contributed by atoms with Gasteiger partial charge in [0.1, 0.15) is 5.69 Å². The number of alkyl halides is 11. The van der Waals surface area contributed by atoms with Crippen molar-refractivity contribution in [1.82, 2.24) is 14.5 Å². The highest BCUT2D eigenvalue weighted by Gasteiger charge is 2.77. The van der Waals surface area contributed by atoms with E-state index in [9.17, 15) is 56.7 Å². The first kappa shape index (κ1) is 26.8. The van der Waals surface area contributed by atoms with E-state index in [0.29, 0.717) is 7.05 Å². The molecule has 0 unspecified atom stereocenters. The summed E-state index contributed by atoms with van der Waals surface area (Å²) in [6.07, 6.45) is -22.8. The lowest BCUT2D eigenvalue weighted by atomic mass is 9.96. The molecule has 1 atom stereocenters. The molecule has 33 heavy (non-hydrogen) atoms. The van der Waals surface area contributed by atoms with E-state index in [4.69, 9.17) is 0 Å². The Morgan fingerprint density at radius 3 is 1.88 bits per heavy atom. The molecule has 0 saturated carbocycles. The second-order valence-corrected chi connectivity index (χ2v) is 8.85. The molecule has 0 fully saturated rings. The van der Waals surface area contributed by atoms with E-state index in [-0.39, 0.29) is 23.0 Å². The zero-order valence-corrected chi connectivity index (χ0v) is 17.1. The lowest BCUT2D eigenvalue weighted by Crippen LogP contribution is -2.56. The van der Waals surface area contributed by atoms with Gasteiger partial charge in [-0.15, -0.1) is 0 Å². The number of rotatable bonds is 5. The van der Waals surface area contributed by atoms with Crippen LogP contribution in [-0.2, 0) is 23.1 Å². The van der Waals surface area contributed by atoms with Gasteiger partial charge in [-0.05, 0) is 6.07 Å². The highest BCUT2D eigenvalue weighted by atomic mass is 32.2. The fraction of sp³-hybridized carbons (Fsp3) is 0.500. The number of sulfone groups is 1. The second-order valence-electron chi connectivity index (χ2n) is 6.61. The number of hydrogen-bond donors (Lipinski definition) is 0. The van der Waals surface area contributed by atoms with Crippen LogP contribution in [-0.4, -0.2) is 46.7 Å². The Morgan fingerprint density at radius 2 is 1.45 bits per heavy atom. The van der Waals surface area contributed by atoms with Gasteiger partial charge in [0.15, 0.2) is 21.8 Å². The highest BCUT2D eigenvalue weighted by Crippen LogP contribution is 2.54. The first-order valence-corrected chi connectivity index (χ1v) is 10.1. The Hall–Kier alpha value is -2.46. The van der Waals surface area contributed by atoms with Crippen molar-refractivity contribution in [2.24, 2.45) is 7.05 Å². The van der Waals surface area contributed by atoms with E-state index in [1.165, 1.54) is 0 Å². The van der Waals surface area contributed by atoms with Crippen molar-refractivity contribution < 1.29 is 56.7 Å². The standard InChI is InChI=1S/C16H12F11N3O2S/c1-3-33(31,32)9-4-7(14(19,20)21)5-28-10(9)12-29-6-8(30(12)2)11(17)13(18,15(22,23)24)16(25,26)27/h4-6,11H,3H2,1-2H3/t11-/m1/s1. The van der Waals surface area contributed by atoms with Crippen LogP contribution in [0.4, 0.5) is 48.3 Å². The van der Waals surface area contributed by atoms with E-state index >= 15 is 0 Å². The predicted molar refractivity (Wildman–Crippen MR) is 89.0 cm³/mol. The number of imidazole rings is 1. The average Bonchev–Trinajstić information content (AvgIpc) is 3.04. The minimum absolute atomic E-state index is 0.0630. The van der Waals surface area contributed by atoms with Crippen LogP contribution in [0.1, 0.15) is 24.4 Å². The van der Waals surface area contributed by atoms with Crippen LogP contribution >= 0.6 is 0 Å². The molecule has 17 heteroatoms. The highest BCUT2D eigenvalue weighted by molar-refractivity contribution is 7.91. The van der Waals surface area contributed by atoms with Gasteiger partial charge in [-0.2, -0.15) is 39.5 Å². The topological polar surface area (TPSA) is 64.8 Å². The minimum Gasteiger partial charge on any atom is -0.327 e. The summed E-state index contributed by atoms with van der Waals surface area (Å²) >= 11 is 0. The van der Waals surface area contributed by atoms with Gasteiger partial charge < -0.3 is 4.57 Å². The lowest BCUT2D eigenvalue weighted by molar-refractivity contribution is -0.359. The second kappa shape index (κ2) is 8.09.